The second-order valence-electron chi connectivity index (χ2n) is 13.2. The van der Waals surface area contributed by atoms with Crippen molar-refractivity contribution in [3.8, 4) is 11.5 Å². The van der Waals surface area contributed by atoms with Gasteiger partial charge in [0, 0.05) is 31.8 Å². The van der Waals surface area contributed by atoms with Crippen LogP contribution in [-0.2, 0) is 14.3 Å². The molecule has 2 atom stereocenters. The van der Waals surface area contributed by atoms with Crippen LogP contribution in [0.4, 0.5) is 13.6 Å². The van der Waals surface area contributed by atoms with Gasteiger partial charge in [-0.25, -0.2) is 13.6 Å². The first-order chi connectivity index (χ1) is 24.7. The molecule has 1 aliphatic heterocycles. The second-order valence-corrected chi connectivity index (χ2v) is 13.2. The van der Waals surface area contributed by atoms with Crippen LogP contribution in [-0.4, -0.2) is 80.4 Å². The van der Waals surface area contributed by atoms with Crippen LogP contribution in [0.3, 0.4) is 0 Å². The Bertz CT molecular complexity index is 1750. The predicted molar refractivity (Wildman–Crippen MR) is 184 cm³/mol. The minimum atomic E-state index is -1.42. The number of hydrogen-bond acceptors (Lipinski definition) is 9. The molecule has 2 amide bonds. The number of hydrogen-bond donors (Lipinski definition) is 2. The summed E-state index contributed by atoms with van der Waals surface area (Å²) < 4.78 is 48.7. The number of amides is 2. The highest BCUT2D eigenvalue weighted by molar-refractivity contribution is 6.11. The highest BCUT2D eigenvalue weighted by Crippen LogP contribution is 2.36. The first-order valence-electron chi connectivity index (χ1n) is 16.9. The van der Waals surface area contributed by atoms with Gasteiger partial charge in [-0.3, -0.25) is 14.4 Å². The Balaban J connectivity index is 1.55. The number of rotatable bonds is 13. The third kappa shape index (κ3) is 9.11. The number of hydroxylamine groups is 3. The number of ketones is 1. The molecule has 0 saturated carbocycles. The van der Waals surface area contributed by atoms with Crippen LogP contribution < -0.4 is 14.8 Å². The number of nitrogens with one attached hydrogen (secondary N) is 1. The van der Waals surface area contributed by atoms with E-state index < -0.39 is 51.6 Å². The zero-order valence-corrected chi connectivity index (χ0v) is 30.1. The van der Waals surface area contributed by atoms with Crippen LogP contribution in [0.25, 0.3) is 0 Å². The fourth-order valence-corrected chi connectivity index (χ4v) is 6.03. The van der Waals surface area contributed by atoms with Gasteiger partial charge in [-0.15, -0.1) is 0 Å². The summed E-state index contributed by atoms with van der Waals surface area (Å²) in [4.78, 5) is 58.7. The van der Waals surface area contributed by atoms with Gasteiger partial charge in [0.1, 0.15) is 23.6 Å². The zero-order valence-electron chi connectivity index (χ0n) is 30.1. The summed E-state index contributed by atoms with van der Waals surface area (Å²) in [6.07, 6.45) is -0.0109. The highest BCUT2D eigenvalue weighted by atomic mass is 19.2. The van der Waals surface area contributed by atoms with Gasteiger partial charge in [0.25, 0.3) is 5.91 Å². The highest BCUT2D eigenvalue weighted by Gasteiger charge is 2.47. The molecule has 4 rings (SSSR count). The number of ether oxygens (including phenoxy) is 4. The Kier molecular flexibility index (Phi) is 13.4. The smallest absolute Gasteiger partial charge is 0.467 e. The van der Waals surface area contributed by atoms with Crippen LogP contribution in [0.1, 0.15) is 107 Å². The summed E-state index contributed by atoms with van der Waals surface area (Å²) in [5, 5.41) is 13.3. The van der Waals surface area contributed by atoms with Crippen molar-refractivity contribution in [1.29, 1.82) is 0 Å². The SMILES string of the molecule is COCOc1ccc(F)c(F)c1C(=O)c1ccc(C(=O)O[N+]2(C(=O)O)CCCCC(NC(=O)c3cc(C(C)C)c(OCOC)c(C(C)C)c3)C2)cc1. The van der Waals surface area contributed by atoms with Crippen molar-refractivity contribution in [1.82, 2.24) is 5.32 Å². The molecule has 52 heavy (non-hydrogen) atoms. The lowest BCUT2D eigenvalue weighted by Gasteiger charge is -2.30. The zero-order chi connectivity index (χ0) is 38.2. The van der Waals surface area contributed by atoms with E-state index in [1.807, 2.05) is 27.7 Å². The molecule has 1 heterocycles. The van der Waals surface area contributed by atoms with Crippen molar-refractivity contribution in [3.63, 3.8) is 0 Å². The molecule has 0 aliphatic carbocycles. The molecule has 0 aromatic heterocycles. The standard InChI is InChI=1S/C38H44F2N2O10/c1-22(2)28-17-26(18-29(23(3)4)35(28)51-21-49-6)36(44)41-27-9-7-8-16-42(19-27,38(46)47)52-37(45)25-12-10-24(11-13-25)34(43)32-31(50-20-48-5)15-14-30(39)33(32)40/h10-15,17-18,22-23,27H,7-9,16,19-21H2,1-6H3,(H-,41,44,46,47)/p+1. The molecule has 2 N–H and O–H groups in total. The molecule has 3 aromatic rings. The van der Waals surface area contributed by atoms with E-state index in [0.29, 0.717) is 30.6 Å². The number of halogens is 2. The Morgan fingerprint density at radius 1 is 0.846 bits per heavy atom. The van der Waals surface area contributed by atoms with Crippen LogP contribution >= 0.6 is 0 Å². The Hall–Kier alpha value is -4.92. The summed E-state index contributed by atoms with van der Waals surface area (Å²) >= 11 is 0. The third-order valence-electron chi connectivity index (χ3n) is 8.75. The summed E-state index contributed by atoms with van der Waals surface area (Å²) in [6, 6.07) is 9.64. The molecule has 0 radical (unpaired) electrons. The van der Waals surface area contributed by atoms with Gasteiger partial charge in [-0.1, -0.05) is 39.8 Å². The van der Waals surface area contributed by atoms with Crippen LogP contribution in [0.15, 0.2) is 48.5 Å². The normalized spacial score (nSPS) is 17.4. The van der Waals surface area contributed by atoms with E-state index in [1.165, 1.54) is 38.5 Å². The Labute approximate surface area is 301 Å². The lowest BCUT2D eigenvalue weighted by Crippen LogP contribution is -2.58. The van der Waals surface area contributed by atoms with Crippen molar-refractivity contribution in [2.45, 2.75) is 64.8 Å². The maximum absolute atomic E-state index is 14.7. The molecule has 0 spiro atoms. The number of nitrogens with zero attached hydrogens (tertiary/aromatic N) is 1. The monoisotopic (exact) mass is 727 g/mol. The van der Waals surface area contributed by atoms with E-state index >= 15 is 0 Å². The molecule has 0 bridgehead atoms. The van der Waals surface area contributed by atoms with Crippen LogP contribution in [0.2, 0.25) is 0 Å². The van der Waals surface area contributed by atoms with Crippen molar-refractivity contribution >= 4 is 23.8 Å². The van der Waals surface area contributed by atoms with Gasteiger partial charge in [0.2, 0.25) is 0 Å². The molecule has 3 aromatic carbocycles. The molecule has 14 heteroatoms. The number of carbonyl (C=O) groups is 4. The number of methoxy groups -OCH3 is 2. The summed E-state index contributed by atoms with van der Waals surface area (Å²) in [7, 11) is 2.85. The second kappa shape index (κ2) is 17.5. The van der Waals surface area contributed by atoms with Crippen LogP contribution in [0, 0.1) is 11.6 Å². The largest absolute Gasteiger partial charge is 0.556 e. The maximum atomic E-state index is 14.7. The topological polar surface area (TPSA) is 147 Å². The van der Waals surface area contributed by atoms with E-state index in [9.17, 15) is 33.1 Å². The lowest BCUT2D eigenvalue weighted by molar-refractivity contribution is -1.03. The summed E-state index contributed by atoms with van der Waals surface area (Å²) in [5.74, 6) is -4.52. The minimum absolute atomic E-state index is 0.0211. The van der Waals surface area contributed by atoms with E-state index in [4.69, 9.17) is 23.8 Å². The maximum Gasteiger partial charge on any atom is 0.556 e. The fraction of sp³-hybridized carbons (Fsp3) is 0.421. The average molecular weight is 728 g/mol. The van der Waals surface area contributed by atoms with E-state index in [2.05, 4.69) is 5.32 Å². The van der Waals surface area contributed by atoms with Gasteiger partial charge in [0.15, 0.2) is 37.5 Å². The minimum Gasteiger partial charge on any atom is -0.467 e. The number of carbonyl (C=O) groups excluding carboxylic acids is 3. The van der Waals surface area contributed by atoms with Gasteiger partial charge < -0.3 is 29.4 Å². The summed E-state index contributed by atoms with van der Waals surface area (Å²) in [5.41, 5.74) is 1.20. The molecular formula is C38H45F2N2O10+. The summed E-state index contributed by atoms with van der Waals surface area (Å²) in [6.45, 7) is 7.40. The van der Waals surface area contributed by atoms with E-state index in [0.717, 1.165) is 23.3 Å². The van der Waals surface area contributed by atoms with Crippen molar-refractivity contribution < 1.29 is 61.5 Å². The van der Waals surface area contributed by atoms with E-state index in [1.54, 1.807) is 12.1 Å². The first kappa shape index (κ1) is 39.9. The van der Waals surface area contributed by atoms with Crippen LogP contribution in [0.5, 0.6) is 11.5 Å². The molecule has 2 unspecified atom stereocenters. The Morgan fingerprint density at radius 3 is 2.02 bits per heavy atom. The molecule has 1 fully saturated rings. The average Bonchev–Trinajstić information content (AvgIpc) is 3.32. The number of benzene rings is 3. The van der Waals surface area contributed by atoms with Gasteiger partial charge in [-0.05, 0) is 76.8 Å². The molecule has 280 valence electrons. The van der Waals surface area contributed by atoms with Crippen molar-refractivity contribution in [2.75, 3.05) is 40.9 Å². The van der Waals surface area contributed by atoms with E-state index in [-0.39, 0.29) is 55.4 Å². The van der Waals surface area contributed by atoms with Gasteiger partial charge in [-0.2, -0.15) is 4.79 Å². The van der Waals surface area contributed by atoms with Gasteiger partial charge >= 0.3 is 12.1 Å². The first-order valence-corrected chi connectivity index (χ1v) is 16.9. The predicted octanol–water partition coefficient (Wildman–Crippen LogP) is 6.96. The number of quaternary nitrogens is 1. The fourth-order valence-electron chi connectivity index (χ4n) is 6.03. The van der Waals surface area contributed by atoms with Crippen molar-refractivity contribution in [3.05, 3.63) is 93.5 Å². The van der Waals surface area contributed by atoms with Gasteiger partial charge in [0.05, 0.1) is 11.6 Å². The number of likely N-dealkylation sites (tertiary alicyclic amines) is 1. The molecule has 1 aliphatic rings. The quantitative estimate of drug-likeness (QED) is 0.108. The Morgan fingerprint density at radius 2 is 1.44 bits per heavy atom. The van der Waals surface area contributed by atoms with Crippen molar-refractivity contribution in [2.24, 2.45) is 0 Å². The molecule has 1 saturated heterocycles. The number of carboxylic acid groups (broad SMARTS) is 1. The third-order valence-corrected chi connectivity index (χ3v) is 8.75. The lowest BCUT2D eigenvalue weighted by atomic mass is 9.91. The molecule has 12 nitrogen and oxygen atoms in total. The molecular weight excluding hydrogens is 682 g/mol.